The number of hydrogen-bond acceptors (Lipinski definition) is 4. The standard InChI is InChI=1S/C13H12Cl2N4O/c1-16-12-11(6-10(15)7-17-12)18-19-13(20)8-3-2-4-9(14)5-8/h2-7,18H,1H3,(H,16,17)(H,19,20). The monoisotopic (exact) mass is 310 g/mol. The van der Waals surface area contributed by atoms with Gasteiger partial charge >= 0.3 is 0 Å². The third-order valence-corrected chi connectivity index (χ3v) is 2.93. The highest BCUT2D eigenvalue weighted by Crippen LogP contribution is 2.21. The molecule has 2 rings (SSSR count). The zero-order valence-corrected chi connectivity index (χ0v) is 12.1. The lowest BCUT2D eigenvalue weighted by atomic mass is 10.2. The highest BCUT2D eigenvalue weighted by molar-refractivity contribution is 6.31. The summed E-state index contributed by atoms with van der Waals surface area (Å²) in [7, 11) is 1.72. The second kappa shape index (κ2) is 6.45. The fourth-order valence-electron chi connectivity index (χ4n) is 1.56. The Hall–Kier alpha value is -1.98. The Labute approximate surface area is 126 Å². The number of amides is 1. The number of hydrazine groups is 1. The first-order valence-corrected chi connectivity index (χ1v) is 6.51. The lowest BCUT2D eigenvalue weighted by Gasteiger charge is -2.12. The third-order valence-electron chi connectivity index (χ3n) is 2.49. The number of halogens is 2. The van der Waals surface area contributed by atoms with Crippen molar-refractivity contribution in [2.75, 3.05) is 17.8 Å². The van der Waals surface area contributed by atoms with E-state index in [1.54, 1.807) is 37.4 Å². The molecule has 0 saturated heterocycles. The maximum absolute atomic E-state index is 11.9. The Morgan fingerprint density at radius 1 is 1.20 bits per heavy atom. The van der Waals surface area contributed by atoms with E-state index in [2.05, 4.69) is 21.2 Å². The van der Waals surface area contributed by atoms with Gasteiger partial charge in [-0.05, 0) is 24.3 Å². The van der Waals surface area contributed by atoms with Crippen LogP contribution in [0.3, 0.4) is 0 Å². The summed E-state index contributed by atoms with van der Waals surface area (Å²) in [6.45, 7) is 0. The van der Waals surface area contributed by atoms with Gasteiger partial charge in [0, 0.05) is 23.8 Å². The number of benzene rings is 1. The molecule has 1 heterocycles. The number of hydrogen-bond donors (Lipinski definition) is 3. The van der Waals surface area contributed by atoms with Crippen LogP contribution in [0.5, 0.6) is 0 Å². The number of aromatic nitrogens is 1. The molecule has 0 radical (unpaired) electrons. The van der Waals surface area contributed by atoms with Crippen molar-refractivity contribution in [2.24, 2.45) is 0 Å². The molecule has 7 heteroatoms. The molecule has 0 saturated carbocycles. The molecule has 104 valence electrons. The molecule has 0 bridgehead atoms. The van der Waals surface area contributed by atoms with Crippen molar-refractivity contribution < 1.29 is 4.79 Å². The highest BCUT2D eigenvalue weighted by Gasteiger charge is 2.08. The van der Waals surface area contributed by atoms with Crippen molar-refractivity contribution >= 4 is 40.6 Å². The Morgan fingerprint density at radius 3 is 2.70 bits per heavy atom. The van der Waals surface area contributed by atoms with Gasteiger partial charge in [-0.2, -0.15) is 0 Å². The summed E-state index contributed by atoms with van der Waals surface area (Å²) in [5.41, 5.74) is 6.34. The summed E-state index contributed by atoms with van der Waals surface area (Å²) < 4.78 is 0. The van der Waals surface area contributed by atoms with Gasteiger partial charge in [0.1, 0.15) is 0 Å². The lowest BCUT2D eigenvalue weighted by molar-refractivity contribution is 0.0962. The van der Waals surface area contributed by atoms with Crippen LogP contribution in [-0.4, -0.2) is 17.9 Å². The van der Waals surface area contributed by atoms with Gasteiger partial charge in [0.25, 0.3) is 5.91 Å². The quantitative estimate of drug-likeness (QED) is 0.759. The fraction of sp³-hybridized carbons (Fsp3) is 0.0769. The van der Waals surface area contributed by atoms with E-state index in [-0.39, 0.29) is 5.91 Å². The SMILES string of the molecule is CNc1ncc(Cl)cc1NNC(=O)c1cccc(Cl)c1. The summed E-state index contributed by atoms with van der Waals surface area (Å²) in [5, 5.41) is 3.85. The molecule has 0 unspecified atom stereocenters. The van der Waals surface area contributed by atoms with E-state index in [4.69, 9.17) is 23.2 Å². The van der Waals surface area contributed by atoms with E-state index < -0.39 is 0 Å². The van der Waals surface area contributed by atoms with Crippen molar-refractivity contribution in [3.8, 4) is 0 Å². The second-order valence-corrected chi connectivity index (χ2v) is 4.76. The Bertz CT molecular complexity index is 634. The van der Waals surface area contributed by atoms with Gasteiger partial charge in [0.05, 0.1) is 10.7 Å². The molecule has 0 aliphatic carbocycles. The summed E-state index contributed by atoms with van der Waals surface area (Å²) in [4.78, 5) is 16.0. The summed E-state index contributed by atoms with van der Waals surface area (Å²) in [6, 6.07) is 8.30. The minimum atomic E-state index is -0.311. The average Bonchev–Trinajstić information content (AvgIpc) is 2.45. The van der Waals surface area contributed by atoms with Gasteiger partial charge in [0.15, 0.2) is 5.82 Å². The van der Waals surface area contributed by atoms with Crippen LogP contribution >= 0.6 is 23.2 Å². The van der Waals surface area contributed by atoms with Crippen molar-refractivity contribution in [3.05, 3.63) is 52.1 Å². The van der Waals surface area contributed by atoms with Gasteiger partial charge in [-0.1, -0.05) is 29.3 Å². The molecule has 5 nitrogen and oxygen atoms in total. The maximum atomic E-state index is 11.9. The first-order chi connectivity index (χ1) is 9.60. The molecular weight excluding hydrogens is 299 g/mol. The molecule has 1 aromatic carbocycles. The first kappa shape index (κ1) is 14.4. The van der Waals surface area contributed by atoms with Gasteiger partial charge in [-0.15, -0.1) is 0 Å². The van der Waals surface area contributed by atoms with Crippen LogP contribution in [0.25, 0.3) is 0 Å². The van der Waals surface area contributed by atoms with Gasteiger partial charge in [-0.25, -0.2) is 4.98 Å². The van der Waals surface area contributed by atoms with Crippen LogP contribution in [0.1, 0.15) is 10.4 Å². The Morgan fingerprint density at radius 2 is 2.00 bits per heavy atom. The van der Waals surface area contributed by atoms with E-state index in [0.29, 0.717) is 27.1 Å². The minimum Gasteiger partial charge on any atom is -0.371 e. The van der Waals surface area contributed by atoms with Crippen molar-refractivity contribution in [3.63, 3.8) is 0 Å². The lowest BCUT2D eigenvalue weighted by Crippen LogP contribution is -2.29. The topological polar surface area (TPSA) is 66.1 Å². The minimum absolute atomic E-state index is 0.311. The van der Waals surface area contributed by atoms with Gasteiger partial charge in [0.2, 0.25) is 0 Å². The van der Waals surface area contributed by atoms with Gasteiger partial charge in [-0.3, -0.25) is 15.6 Å². The maximum Gasteiger partial charge on any atom is 0.269 e. The largest absolute Gasteiger partial charge is 0.371 e. The van der Waals surface area contributed by atoms with Crippen LogP contribution < -0.4 is 16.2 Å². The predicted octanol–water partition coefficient (Wildman–Crippen LogP) is 3.19. The molecule has 0 atom stereocenters. The van der Waals surface area contributed by atoms with Gasteiger partial charge < -0.3 is 5.32 Å². The van der Waals surface area contributed by atoms with E-state index >= 15 is 0 Å². The van der Waals surface area contributed by atoms with E-state index in [0.717, 1.165) is 0 Å². The number of nitrogens with zero attached hydrogens (tertiary/aromatic N) is 1. The average molecular weight is 311 g/mol. The Kier molecular flexibility index (Phi) is 4.65. The van der Waals surface area contributed by atoms with E-state index in [9.17, 15) is 4.79 Å². The first-order valence-electron chi connectivity index (χ1n) is 5.75. The second-order valence-electron chi connectivity index (χ2n) is 3.89. The zero-order valence-electron chi connectivity index (χ0n) is 10.6. The number of pyridine rings is 1. The normalized spacial score (nSPS) is 9.95. The molecule has 1 aromatic heterocycles. The van der Waals surface area contributed by atoms with Crippen LogP contribution in [-0.2, 0) is 0 Å². The van der Waals surface area contributed by atoms with E-state index in [1.807, 2.05) is 0 Å². The number of carbonyl (C=O) groups excluding carboxylic acids is 1. The third kappa shape index (κ3) is 3.53. The van der Waals surface area contributed by atoms with E-state index in [1.165, 1.54) is 6.20 Å². The molecule has 0 spiro atoms. The van der Waals surface area contributed by atoms with Crippen LogP contribution in [0, 0.1) is 0 Å². The fourth-order valence-corrected chi connectivity index (χ4v) is 1.91. The van der Waals surface area contributed by atoms with Crippen molar-refractivity contribution in [1.29, 1.82) is 0 Å². The zero-order chi connectivity index (χ0) is 14.5. The molecule has 1 amide bonds. The van der Waals surface area contributed by atoms with Crippen LogP contribution in [0.2, 0.25) is 10.0 Å². The molecule has 0 fully saturated rings. The highest BCUT2D eigenvalue weighted by atomic mass is 35.5. The number of nitrogens with one attached hydrogen (secondary N) is 3. The number of rotatable bonds is 4. The molecular formula is C13H12Cl2N4O. The molecule has 2 aromatic rings. The van der Waals surface area contributed by atoms with Crippen LogP contribution in [0.4, 0.5) is 11.5 Å². The predicted molar refractivity (Wildman–Crippen MR) is 81.3 cm³/mol. The van der Waals surface area contributed by atoms with Crippen molar-refractivity contribution in [1.82, 2.24) is 10.4 Å². The summed E-state index contributed by atoms with van der Waals surface area (Å²) in [6.07, 6.45) is 1.51. The Balaban J connectivity index is 2.09. The number of carbonyl (C=O) groups is 1. The summed E-state index contributed by atoms with van der Waals surface area (Å²) in [5.74, 6) is 0.260. The molecule has 20 heavy (non-hydrogen) atoms. The van der Waals surface area contributed by atoms with Crippen LogP contribution in [0.15, 0.2) is 36.5 Å². The molecule has 0 aliphatic rings. The smallest absolute Gasteiger partial charge is 0.269 e. The number of anilines is 2. The molecule has 3 N–H and O–H groups in total. The summed E-state index contributed by atoms with van der Waals surface area (Å²) >= 11 is 11.7. The van der Waals surface area contributed by atoms with Crippen molar-refractivity contribution in [2.45, 2.75) is 0 Å². The molecule has 0 aliphatic heterocycles.